The van der Waals surface area contributed by atoms with E-state index in [4.69, 9.17) is 16.6 Å². The van der Waals surface area contributed by atoms with Gasteiger partial charge in [-0.05, 0) is 25.0 Å². The smallest absolute Gasteiger partial charge is 0.342 e. The summed E-state index contributed by atoms with van der Waals surface area (Å²) in [6.07, 6.45) is -0.415. The first kappa shape index (κ1) is 21.1. The van der Waals surface area contributed by atoms with Crippen molar-refractivity contribution in [1.82, 2.24) is 5.48 Å². The van der Waals surface area contributed by atoms with E-state index in [-0.39, 0.29) is 36.9 Å². The third-order valence-corrected chi connectivity index (χ3v) is 3.45. The van der Waals surface area contributed by atoms with Crippen molar-refractivity contribution in [3.63, 3.8) is 0 Å². The summed E-state index contributed by atoms with van der Waals surface area (Å²) in [6.45, 7) is 0. The summed E-state index contributed by atoms with van der Waals surface area (Å²) in [4.78, 5) is 50.2. The molecule has 0 aliphatic carbocycles. The molecule has 7 N–H and O–H groups in total. The maximum Gasteiger partial charge on any atom is 0.342 e. The van der Waals surface area contributed by atoms with Crippen LogP contribution in [-0.2, 0) is 19.2 Å². The number of carboxylic acids is 2. The number of rotatable bonds is 11. The van der Waals surface area contributed by atoms with Crippen molar-refractivity contribution in [3.05, 3.63) is 29.8 Å². The molecule has 1 atom stereocenters. The van der Waals surface area contributed by atoms with Crippen LogP contribution in [0.3, 0.4) is 0 Å². The van der Waals surface area contributed by atoms with E-state index >= 15 is 0 Å². The van der Waals surface area contributed by atoms with Crippen LogP contribution in [0.4, 0.5) is 5.69 Å². The van der Waals surface area contributed by atoms with E-state index in [1.165, 1.54) is 12.1 Å². The zero-order valence-electron chi connectivity index (χ0n) is 13.9. The zero-order chi connectivity index (χ0) is 19.7. The molecular weight excluding hydrogens is 346 g/mol. The number of benzene rings is 1. The predicted molar refractivity (Wildman–Crippen MR) is 89.7 cm³/mol. The quantitative estimate of drug-likeness (QED) is 0.120. The number of carbonyl (C=O) groups excluding carboxylic acids is 2. The molecule has 0 aliphatic heterocycles. The molecule has 0 saturated heterocycles. The number of unbranched alkanes of at least 4 members (excludes halogenated alkanes) is 1. The molecule has 142 valence electrons. The van der Waals surface area contributed by atoms with Gasteiger partial charge >= 0.3 is 17.9 Å². The minimum absolute atomic E-state index is 0.0936. The molecule has 0 saturated carbocycles. The molecule has 0 fully saturated rings. The standard InChI is InChI=1S/C16H21N3O7/c17-11-6-2-1-5-10(11)12(20)9-16(18,15(24)25)19-26-14(23)8-4-3-7-13(21)22/h1-2,5-6,19H,3-4,7-9,17-18H2,(H,21,22)(H,24,25)/t16-/m0/s1. The molecule has 0 bridgehead atoms. The lowest BCUT2D eigenvalue weighted by Crippen LogP contribution is -2.61. The average Bonchev–Trinajstić information content (AvgIpc) is 2.57. The highest BCUT2D eigenvalue weighted by molar-refractivity contribution is 6.03. The van der Waals surface area contributed by atoms with Gasteiger partial charge in [-0.2, -0.15) is 0 Å². The maximum absolute atomic E-state index is 12.2. The van der Waals surface area contributed by atoms with E-state index < -0.39 is 35.8 Å². The Bertz CT molecular complexity index is 692. The van der Waals surface area contributed by atoms with Crippen LogP contribution in [0.2, 0.25) is 0 Å². The van der Waals surface area contributed by atoms with Gasteiger partial charge in [-0.25, -0.2) is 4.79 Å². The molecule has 0 heterocycles. The minimum atomic E-state index is -2.34. The van der Waals surface area contributed by atoms with Crippen LogP contribution in [0.25, 0.3) is 0 Å². The molecular formula is C16H21N3O7. The number of nitrogens with two attached hydrogens (primary N) is 2. The number of carboxylic acid groups (broad SMARTS) is 2. The number of carbonyl (C=O) groups is 4. The van der Waals surface area contributed by atoms with Crippen LogP contribution in [0.15, 0.2) is 24.3 Å². The van der Waals surface area contributed by atoms with E-state index in [2.05, 4.69) is 4.84 Å². The first-order valence-electron chi connectivity index (χ1n) is 7.74. The normalized spacial score (nSPS) is 12.8. The van der Waals surface area contributed by atoms with Crippen molar-refractivity contribution in [2.45, 2.75) is 37.8 Å². The van der Waals surface area contributed by atoms with Gasteiger partial charge in [0.1, 0.15) is 0 Å². The molecule has 10 heteroatoms. The minimum Gasteiger partial charge on any atom is -0.481 e. The molecule has 1 rings (SSSR count). The Morgan fingerprint density at radius 3 is 2.27 bits per heavy atom. The lowest BCUT2D eigenvalue weighted by molar-refractivity contribution is -0.165. The van der Waals surface area contributed by atoms with Crippen LogP contribution in [0.1, 0.15) is 42.5 Å². The van der Waals surface area contributed by atoms with Gasteiger partial charge in [0.25, 0.3) is 0 Å². The van der Waals surface area contributed by atoms with Gasteiger partial charge in [0, 0.05) is 24.1 Å². The summed E-state index contributed by atoms with van der Waals surface area (Å²) in [5.74, 6) is -4.04. The molecule has 0 unspecified atom stereocenters. The van der Waals surface area contributed by atoms with Crippen molar-refractivity contribution in [2.75, 3.05) is 5.73 Å². The molecule has 0 spiro atoms. The van der Waals surface area contributed by atoms with Crippen molar-refractivity contribution < 1.29 is 34.2 Å². The van der Waals surface area contributed by atoms with Gasteiger partial charge in [0.05, 0.1) is 6.42 Å². The molecule has 26 heavy (non-hydrogen) atoms. The fraction of sp³-hybridized carbons (Fsp3) is 0.375. The fourth-order valence-electron chi connectivity index (χ4n) is 2.00. The van der Waals surface area contributed by atoms with Crippen LogP contribution < -0.4 is 16.9 Å². The summed E-state index contributed by atoms with van der Waals surface area (Å²) >= 11 is 0. The summed E-state index contributed by atoms with van der Waals surface area (Å²) in [5, 5.41) is 17.8. The third kappa shape index (κ3) is 6.49. The second-order valence-corrected chi connectivity index (χ2v) is 5.64. The Labute approximate surface area is 149 Å². The molecule has 0 radical (unpaired) electrons. The van der Waals surface area contributed by atoms with Crippen molar-refractivity contribution >= 4 is 29.4 Å². The number of anilines is 1. The Morgan fingerprint density at radius 2 is 1.69 bits per heavy atom. The van der Waals surface area contributed by atoms with Gasteiger partial charge in [0.2, 0.25) is 5.66 Å². The Hall–Kier alpha value is -2.98. The lowest BCUT2D eigenvalue weighted by Gasteiger charge is -2.24. The maximum atomic E-state index is 12.2. The summed E-state index contributed by atoms with van der Waals surface area (Å²) in [7, 11) is 0. The number of Topliss-reactive ketones (excluding diaryl/α,β-unsaturated/α-hetero) is 1. The molecule has 1 aromatic rings. The van der Waals surface area contributed by atoms with E-state index in [9.17, 15) is 24.3 Å². The molecule has 0 aliphatic rings. The SMILES string of the molecule is Nc1ccccc1C(=O)C[C@](N)(NOC(=O)CCCCC(=O)O)C(=O)O. The summed E-state index contributed by atoms with van der Waals surface area (Å²) in [5.41, 5.74) is 11.2. The first-order chi connectivity index (χ1) is 12.2. The van der Waals surface area contributed by atoms with Crippen molar-refractivity contribution in [3.8, 4) is 0 Å². The van der Waals surface area contributed by atoms with Crippen LogP contribution >= 0.6 is 0 Å². The highest BCUT2D eigenvalue weighted by atomic mass is 16.7. The van der Waals surface area contributed by atoms with Crippen LogP contribution in [-0.4, -0.2) is 39.6 Å². The van der Waals surface area contributed by atoms with Gasteiger partial charge < -0.3 is 26.5 Å². The van der Waals surface area contributed by atoms with E-state index in [1.807, 2.05) is 5.48 Å². The monoisotopic (exact) mass is 367 g/mol. The molecule has 10 nitrogen and oxygen atoms in total. The van der Waals surface area contributed by atoms with Crippen LogP contribution in [0, 0.1) is 0 Å². The largest absolute Gasteiger partial charge is 0.481 e. The lowest BCUT2D eigenvalue weighted by atomic mass is 9.98. The Balaban J connectivity index is 2.62. The average molecular weight is 367 g/mol. The summed E-state index contributed by atoms with van der Waals surface area (Å²) < 4.78 is 0. The second-order valence-electron chi connectivity index (χ2n) is 5.64. The van der Waals surface area contributed by atoms with E-state index in [0.717, 1.165) is 0 Å². The van der Waals surface area contributed by atoms with Gasteiger partial charge in [-0.3, -0.25) is 14.4 Å². The fourth-order valence-corrected chi connectivity index (χ4v) is 2.00. The first-order valence-corrected chi connectivity index (χ1v) is 7.74. The number of hydrogen-bond acceptors (Lipinski definition) is 8. The Morgan fingerprint density at radius 1 is 1.08 bits per heavy atom. The molecule has 0 amide bonds. The number of nitrogen functional groups attached to an aromatic ring is 1. The van der Waals surface area contributed by atoms with Gasteiger partial charge in [-0.15, -0.1) is 5.48 Å². The number of hydrogen-bond donors (Lipinski definition) is 5. The highest BCUT2D eigenvalue weighted by Crippen LogP contribution is 2.16. The van der Waals surface area contributed by atoms with Gasteiger partial charge in [-0.1, -0.05) is 12.1 Å². The van der Waals surface area contributed by atoms with E-state index in [1.54, 1.807) is 12.1 Å². The summed E-state index contributed by atoms with van der Waals surface area (Å²) in [6, 6.07) is 6.09. The number of para-hydroxylation sites is 1. The number of aliphatic carboxylic acids is 2. The zero-order valence-corrected chi connectivity index (χ0v) is 13.9. The highest BCUT2D eigenvalue weighted by Gasteiger charge is 2.38. The number of nitrogens with one attached hydrogen (secondary N) is 1. The number of ketones is 1. The third-order valence-electron chi connectivity index (χ3n) is 3.45. The second kappa shape index (κ2) is 9.49. The predicted octanol–water partition coefficient (Wildman–Crippen LogP) is 0.274. The van der Waals surface area contributed by atoms with Crippen LogP contribution in [0.5, 0.6) is 0 Å². The molecule has 1 aromatic carbocycles. The number of hydroxylamine groups is 1. The van der Waals surface area contributed by atoms with Crippen molar-refractivity contribution in [2.24, 2.45) is 5.73 Å². The Kier molecular flexibility index (Phi) is 7.69. The molecule has 0 aromatic heterocycles. The van der Waals surface area contributed by atoms with Crippen molar-refractivity contribution in [1.29, 1.82) is 0 Å². The van der Waals surface area contributed by atoms with Gasteiger partial charge in [0.15, 0.2) is 5.78 Å². The van der Waals surface area contributed by atoms with E-state index in [0.29, 0.717) is 0 Å². The topological polar surface area (TPSA) is 182 Å².